The third-order valence-corrected chi connectivity index (χ3v) is 3.75. The highest BCUT2D eigenvalue weighted by Crippen LogP contribution is 2.23. The van der Waals surface area contributed by atoms with Gasteiger partial charge in [0.15, 0.2) is 0 Å². The zero-order chi connectivity index (χ0) is 14.1. The highest BCUT2D eigenvalue weighted by Gasteiger charge is 2.22. The van der Waals surface area contributed by atoms with E-state index in [4.69, 9.17) is 21.1 Å². The summed E-state index contributed by atoms with van der Waals surface area (Å²) in [7, 11) is 1.37. The number of esters is 1. The van der Waals surface area contributed by atoms with E-state index in [9.17, 15) is 4.79 Å². The number of fused-ring (bicyclic) bond motifs is 1. The number of nitrogens with zero attached hydrogens (tertiary/aromatic N) is 2. The fourth-order valence-corrected chi connectivity index (χ4v) is 2.58. The molecule has 1 fully saturated rings. The van der Waals surface area contributed by atoms with Crippen LogP contribution in [0.25, 0.3) is 11.0 Å². The van der Waals surface area contributed by atoms with Crippen molar-refractivity contribution in [2.24, 2.45) is 5.92 Å². The van der Waals surface area contributed by atoms with E-state index < -0.39 is 0 Å². The number of benzene rings is 1. The van der Waals surface area contributed by atoms with E-state index in [0.29, 0.717) is 17.4 Å². The summed E-state index contributed by atoms with van der Waals surface area (Å²) in [6.45, 7) is 2.33. The second kappa shape index (κ2) is 5.42. The molecule has 20 heavy (non-hydrogen) atoms. The van der Waals surface area contributed by atoms with Gasteiger partial charge in [-0.3, -0.25) is 0 Å². The summed E-state index contributed by atoms with van der Waals surface area (Å²) in [5, 5.41) is 0. The molecule has 1 aromatic carbocycles. The molecule has 1 aromatic heterocycles. The van der Waals surface area contributed by atoms with Crippen LogP contribution in [0.4, 0.5) is 0 Å². The molecule has 2 heterocycles. The number of imidazole rings is 1. The molecule has 0 bridgehead atoms. The lowest BCUT2D eigenvalue weighted by atomic mass is 10.1. The minimum atomic E-state index is -0.348. The Morgan fingerprint density at radius 3 is 2.95 bits per heavy atom. The molecular weight excluding hydrogens is 280 g/mol. The lowest BCUT2D eigenvalue weighted by Crippen LogP contribution is -2.31. The fourth-order valence-electron chi connectivity index (χ4n) is 2.37. The second-order valence-corrected chi connectivity index (χ2v) is 5.14. The number of hydrogen-bond donors (Lipinski definition) is 0. The minimum absolute atomic E-state index is 0.343. The van der Waals surface area contributed by atoms with Crippen LogP contribution in [-0.2, 0) is 21.9 Å². The van der Waals surface area contributed by atoms with E-state index >= 15 is 0 Å². The van der Waals surface area contributed by atoms with Crippen LogP contribution >= 0.6 is 11.6 Å². The Morgan fingerprint density at radius 2 is 2.35 bits per heavy atom. The lowest BCUT2D eigenvalue weighted by Gasteiger charge is -2.27. The highest BCUT2D eigenvalue weighted by molar-refractivity contribution is 6.16. The van der Waals surface area contributed by atoms with Crippen molar-refractivity contribution in [2.75, 3.05) is 20.3 Å². The predicted octanol–water partition coefficient (Wildman–Crippen LogP) is 2.21. The summed E-state index contributed by atoms with van der Waals surface area (Å²) in [6.07, 6.45) is 0. The van der Waals surface area contributed by atoms with Gasteiger partial charge in [-0.1, -0.05) is 0 Å². The number of methoxy groups -OCH3 is 1. The molecule has 2 aromatic rings. The van der Waals surface area contributed by atoms with E-state index in [1.54, 1.807) is 6.07 Å². The Hall–Kier alpha value is -1.59. The van der Waals surface area contributed by atoms with Crippen molar-refractivity contribution in [2.45, 2.75) is 12.4 Å². The minimum Gasteiger partial charge on any atom is -0.465 e. The summed E-state index contributed by atoms with van der Waals surface area (Å²) < 4.78 is 12.0. The van der Waals surface area contributed by atoms with E-state index in [0.717, 1.165) is 36.6 Å². The van der Waals surface area contributed by atoms with Crippen molar-refractivity contribution < 1.29 is 14.3 Å². The van der Waals surface area contributed by atoms with Crippen molar-refractivity contribution in [3.8, 4) is 0 Å². The third kappa shape index (κ3) is 2.27. The van der Waals surface area contributed by atoms with Crippen LogP contribution in [0.3, 0.4) is 0 Å². The van der Waals surface area contributed by atoms with Gasteiger partial charge in [0.1, 0.15) is 5.82 Å². The van der Waals surface area contributed by atoms with Crippen molar-refractivity contribution in [1.82, 2.24) is 9.55 Å². The van der Waals surface area contributed by atoms with Crippen LogP contribution in [-0.4, -0.2) is 35.8 Å². The molecule has 106 valence electrons. The number of aromatic nitrogens is 2. The predicted molar refractivity (Wildman–Crippen MR) is 74.9 cm³/mol. The second-order valence-electron chi connectivity index (χ2n) is 4.87. The molecule has 6 heteroatoms. The van der Waals surface area contributed by atoms with Crippen LogP contribution in [0.5, 0.6) is 0 Å². The molecule has 0 unspecified atom stereocenters. The highest BCUT2D eigenvalue weighted by atomic mass is 35.5. The van der Waals surface area contributed by atoms with Gasteiger partial charge in [-0.05, 0) is 18.2 Å². The molecule has 0 spiro atoms. The summed E-state index contributed by atoms with van der Waals surface area (Å²) in [5.41, 5.74) is 2.27. The number of carbonyl (C=O) groups is 1. The van der Waals surface area contributed by atoms with Crippen LogP contribution in [0.15, 0.2) is 18.2 Å². The Kier molecular flexibility index (Phi) is 3.63. The molecule has 5 nitrogen and oxygen atoms in total. The topological polar surface area (TPSA) is 53.3 Å². The average molecular weight is 295 g/mol. The first-order chi connectivity index (χ1) is 9.72. The summed E-state index contributed by atoms with van der Waals surface area (Å²) in [6, 6.07) is 5.35. The molecule has 1 saturated heterocycles. The number of rotatable bonds is 4. The van der Waals surface area contributed by atoms with Gasteiger partial charge in [0.05, 0.1) is 42.8 Å². The Balaban J connectivity index is 2.05. The van der Waals surface area contributed by atoms with Gasteiger partial charge in [-0.15, -0.1) is 11.6 Å². The number of ether oxygens (including phenoxy) is 2. The number of hydrogen-bond acceptors (Lipinski definition) is 4. The number of alkyl halides is 1. The Bertz CT molecular complexity index is 649. The zero-order valence-corrected chi connectivity index (χ0v) is 11.9. The SMILES string of the molecule is COC(=O)c1ccc2nc(CCl)n(CC3COC3)c2c1. The Labute approximate surface area is 121 Å². The van der Waals surface area contributed by atoms with Gasteiger partial charge in [0, 0.05) is 12.5 Å². The van der Waals surface area contributed by atoms with Crippen molar-refractivity contribution in [1.29, 1.82) is 0 Å². The maximum atomic E-state index is 11.6. The molecule has 0 aliphatic carbocycles. The molecule has 0 amide bonds. The van der Waals surface area contributed by atoms with Crippen molar-refractivity contribution in [3.63, 3.8) is 0 Å². The maximum Gasteiger partial charge on any atom is 0.337 e. The zero-order valence-electron chi connectivity index (χ0n) is 11.1. The van der Waals surface area contributed by atoms with E-state index in [1.165, 1.54) is 7.11 Å². The molecule has 0 radical (unpaired) electrons. The summed E-state index contributed by atoms with van der Waals surface area (Å²) >= 11 is 5.97. The molecule has 1 aliphatic rings. The molecule has 1 aliphatic heterocycles. The first-order valence-electron chi connectivity index (χ1n) is 6.44. The third-order valence-electron chi connectivity index (χ3n) is 3.52. The monoisotopic (exact) mass is 294 g/mol. The summed E-state index contributed by atoms with van der Waals surface area (Å²) in [5.74, 6) is 1.29. The Morgan fingerprint density at radius 1 is 1.55 bits per heavy atom. The van der Waals surface area contributed by atoms with Crippen molar-refractivity contribution >= 4 is 28.6 Å². The van der Waals surface area contributed by atoms with Gasteiger partial charge in [-0.25, -0.2) is 9.78 Å². The number of halogens is 1. The lowest BCUT2D eigenvalue weighted by molar-refractivity contribution is -0.0391. The van der Waals surface area contributed by atoms with Crippen LogP contribution in [0.1, 0.15) is 16.2 Å². The van der Waals surface area contributed by atoms with Crippen LogP contribution in [0.2, 0.25) is 0 Å². The molecule has 0 atom stereocenters. The van der Waals surface area contributed by atoms with Gasteiger partial charge >= 0.3 is 5.97 Å². The summed E-state index contributed by atoms with van der Waals surface area (Å²) in [4.78, 5) is 16.1. The van der Waals surface area contributed by atoms with Gasteiger partial charge in [0.25, 0.3) is 0 Å². The molecule has 0 N–H and O–H groups in total. The van der Waals surface area contributed by atoms with Gasteiger partial charge in [-0.2, -0.15) is 0 Å². The van der Waals surface area contributed by atoms with Crippen LogP contribution in [0, 0.1) is 5.92 Å². The van der Waals surface area contributed by atoms with Gasteiger partial charge < -0.3 is 14.0 Å². The van der Waals surface area contributed by atoms with E-state index in [1.807, 2.05) is 12.1 Å². The van der Waals surface area contributed by atoms with Crippen molar-refractivity contribution in [3.05, 3.63) is 29.6 Å². The van der Waals surface area contributed by atoms with E-state index in [2.05, 4.69) is 9.55 Å². The maximum absolute atomic E-state index is 11.6. The first-order valence-corrected chi connectivity index (χ1v) is 6.97. The standard InChI is InChI=1S/C14H15ClN2O3/c1-19-14(18)10-2-3-11-12(4-10)17(13(5-15)16-11)6-9-7-20-8-9/h2-4,9H,5-8H2,1H3. The number of carbonyl (C=O) groups excluding carboxylic acids is 1. The first kappa shape index (κ1) is 13.4. The van der Waals surface area contributed by atoms with E-state index in [-0.39, 0.29) is 5.97 Å². The molecular formula is C14H15ClN2O3. The smallest absolute Gasteiger partial charge is 0.337 e. The quantitative estimate of drug-likeness (QED) is 0.641. The van der Waals surface area contributed by atoms with Crippen LogP contribution < -0.4 is 0 Å². The molecule has 0 saturated carbocycles. The normalized spacial score (nSPS) is 15.3. The fraction of sp³-hybridized carbons (Fsp3) is 0.429. The van der Waals surface area contributed by atoms with Gasteiger partial charge in [0.2, 0.25) is 0 Å². The largest absolute Gasteiger partial charge is 0.465 e. The average Bonchev–Trinajstić information content (AvgIpc) is 2.78. The molecule has 3 rings (SSSR count).